The number of rotatable bonds is 5. The summed E-state index contributed by atoms with van der Waals surface area (Å²) in [6.07, 6.45) is 5.25. The van der Waals surface area contributed by atoms with E-state index in [-0.39, 0.29) is 5.91 Å². The van der Waals surface area contributed by atoms with Gasteiger partial charge in [0.2, 0.25) is 11.8 Å². The van der Waals surface area contributed by atoms with Gasteiger partial charge in [-0.2, -0.15) is 0 Å². The number of likely N-dealkylation sites (tertiary alicyclic amines) is 2. The Morgan fingerprint density at radius 2 is 2.04 bits per heavy atom. The first-order chi connectivity index (χ1) is 11.1. The van der Waals surface area contributed by atoms with Crippen LogP contribution >= 0.6 is 11.3 Å². The predicted molar refractivity (Wildman–Crippen MR) is 91.3 cm³/mol. The van der Waals surface area contributed by atoms with Gasteiger partial charge in [0.1, 0.15) is 0 Å². The van der Waals surface area contributed by atoms with Gasteiger partial charge in [-0.15, -0.1) is 11.3 Å². The molecule has 0 unspecified atom stereocenters. The zero-order chi connectivity index (χ0) is 16.2. The number of nitrogens with zero attached hydrogens (tertiary/aromatic N) is 2. The van der Waals surface area contributed by atoms with Crippen LogP contribution in [0, 0.1) is 5.92 Å². The maximum Gasteiger partial charge on any atom is 0.249 e. The largest absolute Gasteiger partial charge is 0.366 e. The summed E-state index contributed by atoms with van der Waals surface area (Å²) in [5.41, 5.74) is 5.91. The highest BCUT2D eigenvalue weighted by Crippen LogP contribution is 2.24. The molecule has 2 amide bonds. The third-order valence-corrected chi connectivity index (χ3v) is 5.85. The normalized spacial score (nSPS) is 20.9. The summed E-state index contributed by atoms with van der Waals surface area (Å²) in [5.74, 6) is 0.631. The van der Waals surface area contributed by atoms with Crippen LogP contribution in [-0.2, 0) is 11.3 Å². The Morgan fingerprint density at radius 3 is 2.70 bits per heavy atom. The van der Waals surface area contributed by atoms with Gasteiger partial charge in [-0.1, -0.05) is 0 Å². The number of hydrogen-bond acceptors (Lipinski definition) is 4. The third-order valence-electron chi connectivity index (χ3n) is 4.92. The first-order valence-corrected chi connectivity index (χ1v) is 9.37. The van der Waals surface area contributed by atoms with Crippen LogP contribution < -0.4 is 5.73 Å². The van der Waals surface area contributed by atoms with Crippen molar-refractivity contribution in [1.82, 2.24) is 9.80 Å². The van der Waals surface area contributed by atoms with E-state index >= 15 is 0 Å². The molecule has 0 aromatic carbocycles. The summed E-state index contributed by atoms with van der Waals surface area (Å²) in [6.45, 7) is 4.92. The number of nitrogens with two attached hydrogens (primary N) is 1. The Bertz CT molecular complexity index is 564. The van der Waals surface area contributed by atoms with E-state index in [1.807, 2.05) is 11.4 Å². The highest BCUT2D eigenvalue weighted by Gasteiger charge is 2.25. The topological polar surface area (TPSA) is 66.6 Å². The second-order valence-electron chi connectivity index (χ2n) is 6.68. The first kappa shape index (κ1) is 16.5. The molecule has 3 heterocycles. The van der Waals surface area contributed by atoms with Crippen molar-refractivity contribution in [2.75, 3.05) is 26.2 Å². The van der Waals surface area contributed by atoms with Crippen LogP contribution in [-0.4, -0.2) is 47.8 Å². The van der Waals surface area contributed by atoms with Crippen LogP contribution in [0.4, 0.5) is 0 Å². The van der Waals surface area contributed by atoms with Gasteiger partial charge in [0, 0.05) is 36.3 Å². The van der Waals surface area contributed by atoms with Crippen LogP contribution in [0.2, 0.25) is 0 Å². The van der Waals surface area contributed by atoms with Crippen LogP contribution in [0.25, 0.3) is 0 Å². The van der Waals surface area contributed by atoms with Gasteiger partial charge in [0.05, 0.1) is 5.56 Å². The zero-order valence-corrected chi connectivity index (χ0v) is 14.3. The molecule has 2 fully saturated rings. The number of piperidine rings is 2. The molecular formula is C17H25N3O2S. The van der Waals surface area contributed by atoms with Gasteiger partial charge in [-0.3, -0.25) is 14.5 Å². The highest BCUT2D eigenvalue weighted by molar-refractivity contribution is 7.10. The van der Waals surface area contributed by atoms with E-state index in [0.29, 0.717) is 17.4 Å². The van der Waals surface area contributed by atoms with Crippen molar-refractivity contribution in [3.05, 3.63) is 21.9 Å². The molecule has 23 heavy (non-hydrogen) atoms. The van der Waals surface area contributed by atoms with Gasteiger partial charge in [-0.05, 0) is 50.8 Å². The van der Waals surface area contributed by atoms with E-state index in [0.717, 1.165) is 64.8 Å². The standard InChI is InChI=1S/C17H25N3O2S/c18-17(22)14-9-15(23-12-14)11-19-7-4-13(5-8-19)10-20-6-2-1-3-16(20)21/h9,12-13H,1-8,10-11H2,(H2,18,22). The molecule has 0 saturated carbocycles. The van der Waals surface area contributed by atoms with E-state index < -0.39 is 0 Å². The summed E-state index contributed by atoms with van der Waals surface area (Å²) < 4.78 is 0. The van der Waals surface area contributed by atoms with Crippen LogP contribution in [0.15, 0.2) is 11.4 Å². The lowest BCUT2D eigenvalue weighted by atomic mass is 9.95. The lowest BCUT2D eigenvalue weighted by molar-refractivity contribution is -0.134. The molecule has 0 spiro atoms. The first-order valence-electron chi connectivity index (χ1n) is 8.49. The minimum atomic E-state index is -0.350. The number of amides is 2. The monoisotopic (exact) mass is 335 g/mol. The molecule has 0 radical (unpaired) electrons. The fraction of sp³-hybridized carbons (Fsp3) is 0.647. The molecule has 2 aliphatic rings. The SMILES string of the molecule is NC(=O)c1csc(CN2CCC(CN3CCCCC3=O)CC2)c1. The van der Waals surface area contributed by atoms with Crippen molar-refractivity contribution in [3.8, 4) is 0 Å². The minimum absolute atomic E-state index is 0.344. The smallest absolute Gasteiger partial charge is 0.249 e. The van der Waals surface area contributed by atoms with Gasteiger partial charge in [0.25, 0.3) is 0 Å². The average molecular weight is 335 g/mol. The van der Waals surface area contributed by atoms with Gasteiger partial charge >= 0.3 is 0 Å². The van der Waals surface area contributed by atoms with Gasteiger partial charge < -0.3 is 10.6 Å². The summed E-state index contributed by atoms with van der Waals surface area (Å²) >= 11 is 1.61. The molecule has 3 rings (SSSR count). The van der Waals surface area contributed by atoms with E-state index in [4.69, 9.17) is 5.73 Å². The van der Waals surface area contributed by atoms with E-state index in [2.05, 4.69) is 9.80 Å². The summed E-state index contributed by atoms with van der Waals surface area (Å²) in [4.78, 5) is 28.8. The molecular weight excluding hydrogens is 310 g/mol. The van der Waals surface area contributed by atoms with Crippen LogP contribution in [0.3, 0.4) is 0 Å². The lowest BCUT2D eigenvalue weighted by Gasteiger charge is -2.36. The Kier molecular flexibility index (Phi) is 5.33. The molecule has 0 aliphatic carbocycles. The van der Waals surface area contributed by atoms with Crippen molar-refractivity contribution in [2.45, 2.75) is 38.6 Å². The van der Waals surface area contributed by atoms with Crippen molar-refractivity contribution in [1.29, 1.82) is 0 Å². The quantitative estimate of drug-likeness (QED) is 0.896. The third kappa shape index (κ3) is 4.32. The number of hydrogen-bond donors (Lipinski definition) is 1. The molecule has 0 bridgehead atoms. The minimum Gasteiger partial charge on any atom is -0.366 e. The Balaban J connectivity index is 1.44. The molecule has 6 heteroatoms. The Morgan fingerprint density at radius 1 is 1.26 bits per heavy atom. The van der Waals surface area contributed by atoms with Crippen LogP contribution in [0.1, 0.15) is 47.3 Å². The van der Waals surface area contributed by atoms with Crippen molar-refractivity contribution >= 4 is 23.2 Å². The van der Waals surface area contributed by atoms with Crippen molar-refractivity contribution in [2.24, 2.45) is 11.7 Å². The average Bonchev–Trinajstić information content (AvgIpc) is 3.00. The fourth-order valence-corrected chi connectivity index (χ4v) is 4.42. The van der Waals surface area contributed by atoms with E-state index in [1.54, 1.807) is 11.3 Å². The zero-order valence-electron chi connectivity index (χ0n) is 13.5. The van der Waals surface area contributed by atoms with Crippen molar-refractivity contribution < 1.29 is 9.59 Å². The van der Waals surface area contributed by atoms with E-state index in [9.17, 15) is 9.59 Å². The summed E-state index contributed by atoms with van der Waals surface area (Å²) in [6, 6.07) is 1.91. The molecule has 126 valence electrons. The maximum absolute atomic E-state index is 11.9. The number of carbonyl (C=O) groups excluding carboxylic acids is 2. The Hall–Kier alpha value is -1.40. The lowest BCUT2D eigenvalue weighted by Crippen LogP contribution is -2.42. The molecule has 5 nitrogen and oxygen atoms in total. The summed E-state index contributed by atoms with van der Waals surface area (Å²) in [7, 11) is 0. The number of carbonyl (C=O) groups is 2. The van der Waals surface area contributed by atoms with E-state index in [1.165, 1.54) is 4.88 Å². The van der Waals surface area contributed by atoms with Gasteiger partial charge in [0.15, 0.2) is 0 Å². The summed E-state index contributed by atoms with van der Waals surface area (Å²) in [5, 5.41) is 1.84. The molecule has 0 atom stereocenters. The molecule has 1 aromatic rings. The van der Waals surface area contributed by atoms with Crippen LogP contribution in [0.5, 0.6) is 0 Å². The highest BCUT2D eigenvalue weighted by atomic mass is 32.1. The second kappa shape index (κ2) is 7.45. The second-order valence-corrected chi connectivity index (χ2v) is 7.68. The fourth-order valence-electron chi connectivity index (χ4n) is 3.51. The number of thiophene rings is 1. The number of primary amides is 1. The van der Waals surface area contributed by atoms with Crippen molar-refractivity contribution in [3.63, 3.8) is 0 Å². The predicted octanol–water partition coefficient (Wildman–Crippen LogP) is 2.07. The molecule has 2 saturated heterocycles. The maximum atomic E-state index is 11.9. The molecule has 2 N–H and O–H groups in total. The molecule has 2 aliphatic heterocycles. The molecule has 1 aromatic heterocycles. The van der Waals surface area contributed by atoms with Gasteiger partial charge in [-0.25, -0.2) is 0 Å². The Labute approximate surface area is 141 Å².